The molecule has 1 aromatic heterocycles. The molecule has 0 N–H and O–H groups in total. The molecule has 10 aromatic rings. The summed E-state index contributed by atoms with van der Waals surface area (Å²) in [5.74, 6) is 0. The van der Waals surface area contributed by atoms with E-state index in [0.29, 0.717) is 0 Å². The van der Waals surface area contributed by atoms with Crippen molar-refractivity contribution in [1.82, 2.24) is 0 Å². The highest BCUT2D eigenvalue weighted by atomic mass is 16.3. The predicted molar refractivity (Wildman–Crippen MR) is 223 cm³/mol. The first kappa shape index (κ1) is 29.4. The molecule has 0 aliphatic heterocycles. The Morgan fingerprint density at radius 1 is 0.358 bits per heavy atom. The first-order chi connectivity index (χ1) is 25.8. The van der Waals surface area contributed by atoms with Crippen LogP contribution in [0, 0.1) is 0 Å². The fourth-order valence-corrected chi connectivity index (χ4v) is 10.5. The van der Waals surface area contributed by atoms with Crippen LogP contribution in [-0.4, -0.2) is 0 Å². The van der Waals surface area contributed by atoms with E-state index in [-0.39, 0.29) is 10.8 Å². The van der Waals surface area contributed by atoms with E-state index in [1.807, 2.05) is 6.07 Å². The fourth-order valence-electron chi connectivity index (χ4n) is 10.5. The second kappa shape index (κ2) is 9.82. The van der Waals surface area contributed by atoms with Gasteiger partial charge in [0.1, 0.15) is 11.2 Å². The lowest BCUT2D eigenvalue weighted by atomic mass is 9.79. The third-order valence-corrected chi connectivity index (χ3v) is 13.1. The Bertz CT molecular complexity index is 3220. The Balaban J connectivity index is 1.07. The van der Waals surface area contributed by atoms with Crippen molar-refractivity contribution in [2.24, 2.45) is 0 Å². The highest BCUT2D eigenvalue weighted by molar-refractivity contribution is 6.28. The lowest BCUT2D eigenvalue weighted by molar-refractivity contribution is 0.651. The summed E-state index contributed by atoms with van der Waals surface area (Å²) in [5, 5.41) is 10.1. The molecule has 0 spiro atoms. The molecular weight excluding hydrogens is 641 g/mol. The van der Waals surface area contributed by atoms with Gasteiger partial charge in [0, 0.05) is 21.6 Å². The lowest BCUT2D eigenvalue weighted by Gasteiger charge is -2.24. The summed E-state index contributed by atoms with van der Waals surface area (Å²) >= 11 is 0. The molecule has 2 aliphatic carbocycles. The molecule has 0 radical (unpaired) electrons. The number of hydrogen-bond donors (Lipinski definition) is 0. The van der Waals surface area contributed by atoms with Crippen LogP contribution in [0.5, 0.6) is 0 Å². The van der Waals surface area contributed by atoms with Crippen molar-refractivity contribution in [3.63, 3.8) is 0 Å². The monoisotopic (exact) mass is 676 g/mol. The molecule has 0 atom stereocenters. The summed E-state index contributed by atoms with van der Waals surface area (Å²) in [7, 11) is 0. The predicted octanol–water partition coefficient (Wildman–Crippen LogP) is 14.4. The van der Waals surface area contributed by atoms with Crippen molar-refractivity contribution in [1.29, 1.82) is 0 Å². The molecule has 9 aromatic carbocycles. The number of benzene rings is 9. The molecule has 1 nitrogen and oxygen atoms in total. The average Bonchev–Trinajstić information content (AvgIpc) is 3.76. The Morgan fingerprint density at radius 2 is 0.925 bits per heavy atom. The molecular formula is C52H36O. The van der Waals surface area contributed by atoms with Gasteiger partial charge in [-0.15, -0.1) is 0 Å². The maximum atomic E-state index is 6.32. The van der Waals surface area contributed by atoms with E-state index in [0.717, 1.165) is 16.6 Å². The van der Waals surface area contributed by atoms with Gasteiger partial charge in [0.15, 0.2) is 0 Å². The summed E-state index contributed by atoms with van der Waals surface area (Å²) in [6.45, 7) is 9.58. The topological polar surface area (TPSA) is 13.1 Å². The molecule has 0 saturated heterocycles. The number of rotatable bonds is 2. The zero-order valence-corrected chi connectivity index (χ0v) is 30.3. The minimum absolute atomic E-state index is 0.0196. The molecule has 1 heterocycles. The number of para-hydroxylation sites is 1. The normalized spacial score (nSPS) is 15.1. The zero-order chi connectivity index (χ0) is 35.4. The van der Waals surface area contributed by atoms with Crippen LogP contribution >= 0.6 is 0 Å². The van der Waals surface area contributed by atoms with Gasteiger partial charge >= 0.3 is 0 Å². The van der Waals surface area contributed by atoms with E-state index in [1.165, 1.54) is 104 Å². The lowest BCUT2D eigenvalue weighted by Crippen LogP contribution is -2.17. The molecule has 0 bridgehead atoms. The molecule has 2 aliphatic rings. The van der Waals surface area contributed by atoms with Crippen LogP contribution in [-0.2, 0) is 10.8 Å². The molecule has 53 heavy (non-hydrogen) atoms. The number of furan rings is 1. The van der Waals surface area contributed by atoms with Crippen LogP contribution in [0.3, 0.4) is 0 Å². The highest BCUT2D eigenvalue weighted by Crippen LogP contribution is 2.59. The van der Waals surface area contributed by atoms with Gasteiger partial charge in [0.05, 0.1) is 0 Å². The Labute approximate surface area is 308 Å². The van der Waals surface area contributed by atoms with E-state index in [1.54, 1.807) is 0 Å². The first-order valence-corrected chi connectivity index (χ1v) is 18.8. The maximum Gasteiger partial charge on any atom is 0.136 e. The summed E-state index contributed by atoms with van der Waals surface area (Å²) in [6.07, 6.45) is 0. The van der Waals surface area contributed by atoms with Gasteiger partial charge in [0.2, 0.25) is 0 Å². The largest absolute Gasteiger partial charge is 0.456 e. The molecule has 0 unspecified atom stereocenters. The van der Waals surface area contributed by atoms with Gasteiger partial charge in [-0.3, -0.25) is 0 Å². The van der Waals surface area contributed by atoms with E-state index in [9.17, 15) is 0 Å². The first-order valence-electron chi connectivity index (χ1n) is 18.8. The minimum atomic E-state index is -0.117. The van der Waals surface area contributed by atoms with Gasteiger partial charge < -0.3 is 4.42 Å². The van der Waals surface area contributed by atoms with Crippen LogP contribution in [0.25, 0.3) is 98.8 Å². The van der Waals surface area contributed by atoms with E-state index in [4.69, 9.17) is 4.42 Å². The number of hydrogen-bond acceptors (Lipinski definition) is 1. The summed E-state index contributed by atoms with van der Waals surface area (Å²) in [4.78, 5) is 0. The van der Waals surface area contributed by atoms with Crippen LogP contribution in [0.2, 0.25) is 0 Å². The smallest absolute Gasteiger partial charge is 0.136 e. The molecule has 0 saturated carbocycles. The van der Waals surface area contributed by atoms with Crippen molar-refractivity contribution in [3.05, 3.63) is 168 Å². The van der Waals surface area contributed by atoms with Gasteiger partial charge in [-0.05, 0) is 117 Å². The van der Waals surface area contributed by atoms with Crippen LogP contribution in [0.15, 0.2) is 150 Å². The van der Waals surface area contributed by atoms with E-state index >= 15 is 0 Å². The zero-order valence-electron chi connectivity index (χ0n) is 30.3. The Morgan fingerprint density at radius 3 is 1.70 bits per heavy atom. The molecule has 0 fully saturated rings. The van der Waals surface area contributed by atoms with Crippen molar-refractivity contribution < 1.29 is 4.42 Å². The van der Waals surface area contributed by atoms with E-state index < -0.39 is 0 Å². The van der Waals surface area contributed by atoms with Crippen molar-refractivity contribution in [2.75, 3.05) is 0 Å². The maximum absolute atomic E-state index is 6.32. The van der Waals surface area contributed by atoms with Crippen LogP contribution < -0.4 is 0 Å². The van der Waals surface area contributed by atoms with Gasteiger partial charge in [-0.2, -0.15) is 0 Å². The summed E-state index contributed by atoms with van der Waals surface area (Å²) in [5.41, 5.74) is 18.1. The van der Waals surface area contributed by atoms with Gasteiger partial charge in [-0.1, -0.05) is 155 Å². The van der Waals surface area contributed by atoms with Crippen LogP contribution in [0.1, 0.15) is 49.9 Å². The van der Waals surface area contributed by atoms with Crippen LogP contribution in [0.4, 0.5) is 0 Å². The standard InChI is InChI=1S/C52H36O/c1-51(2)40-13-7-5-10-37(40)49-41(51)26-27-42-50(49)38-25-20-31(28-43(38)52(42,3)4)32-21-16-29-19-24-36-33(22-17-30-18-23-35(32)46(29)47(30)36)34-12-9-15-45-48(34)39-11-6-8-14-44(39)53-45/h5-28H,1-4H3. The Kier molecular flexibility index (Phi) is 5.45. The fraction of sp³-hybridized carbons (Fsp3) is 0.115. The van der Waals surface area contributed by atoms with Crippen molar-refractivity contribution >= 4 is 54.3 Å². The second-order valence-corrected chi connectivity index (χ2v) is 16.4. The summed E-state index contributed by atoms with van der Waals surface area (Å²) < 4.78 is 6.32. The third kappa shape index (κ3) is 3.62. The van der Waals surface area contributed by atoms with E-state index in [2.05, 4.69) is 167 Å². The number of fused-ring (bicyclic) bond motifs is 10. The van der Waals surface area contributed by atoms with Gasteiger partial charge in [0.25, 0.3) is 0 Å². The van der Waals surface area contributed by atoms with Gasteiger partial charge in [-0.25, -0.2) is 0 Å². The average molecular weight is 677 g/mol. The SMILES string of the molecule is CC1(C)c2ccccc2-c2c1ccc1c2-c2ccc(-c3ccc4ccc5c(-c6cccc7oc8ccccc8c67)ccc6ccc3c4c65)cc2C1(C)C. The highest BCUT2D eigenvalue weighted by Gasteiger charge is 2.43. The van der Waals surface area contributed by atoms with Crippen molar-refractivity contribution in [3.8, 4) is 44.5 Å². The molecule has 1 heteroatoms. The summed E-state index contributed by atoms with van der Waals surface area (Å²) in [6, 6.07) is 54.6. The molecule has 12 rings (SSSR count). The van der Waals surface area contributed by atoms with Crippen molar-refractivity contribution in [2.45, 2.75) is 38.5 Å². The second-order valence-electron chi connectivity index (χ2n) is 16.4. The third-order valence-electron chi connectivity index (χ3n) is 13.1. The molecule has 0 amide bonds. The molecule has 250 valence electrons. The minimum Gasteiger partial charge on any atom is -0.456 e. The Hall–Kier alpha value is -6.18. The quantitative estimate of drug-likeness (QED) is 0.166.